The fourth-order valence-corrected chi connectivity index (χ4v) is 8.50. The number of carbonyl (C=O) groups is 1. The van der Waals surface area contributed by atoms with Crippen molar-refractivity contribution in [1.82, 2.24) is 5.32 Å². The Morgan fingerprint density at radius 2 is 1.00 bits per heavy atom. The number of ether oxygens (including phenoxy) is 6. The summed E-state index contributed by atoms with van der Waals surface area (Å²) in [6.45, 7) is 9.79. The number of alkyl carbamates (subject to hydrolysis) is 1. The van der Waals surface area contributed by atoms with Crippen molar-refractivity contribution in [3.8, 4) is 0 Å². The summed E-state index contributed by atoms with van der Waals surface area (Å²) < 4.78 is 40.2. The topological polar surface area (TPSA) is 84.5 Å². The number of nitrogens with one attached hydrogen (secondary N) is 1. The van der Waals surface area contributed by atoms with Crippen LogP contribution in [0.15, 0.2) is 133 Å². The van der Waals surface area contributed by atoms with Gasteiger partial charge >= 0.3 is 6.09 Å². The molecular formula is C58H81NO7. The average Bonchev–Trinajstić information content (AvgIpc) is 3.32. The quantitative estimate of drug-likeness (QED) is 0.0398. The molecule has 1 amide bonds. The van der Waals surface area contributed by atoms with Crippen molar-refractivity contribution in [3.05, 3.63) is 156 Å². The second kappa shape index (κ2) is 30.9. The van der Waals surface area contributed by atoms with Gasteiger partial charge in [0.2, 0.25) is 0 Å². The van der Waals surface area contributed by atoms with Crippen molar-refractivity contribution < 1.29 is 33.2 Å². The lowest BCUT2D eigenvalue weighted by Crippen LogP contribution is -2.61. The number of allylic oxidation sites excluding steroid dienone is 1. The lowest BCUT2D eigenvalue weighted by Gasteiger charge is -2.46. The molecule has 1 aliphatic rings. The number of carbonyl (C=O) groups excluding carboxylic acids is 1. The molecule has 0 aliphatic carbocycles. The molecule has 1 aliphatic heterocycles. The summed E-state index contributed by atoms with van der Waals surface area (Å²) in [5, 5.41) is 3.18. The zero-order chi connectivity index (χ0) is 46.5. The number of amides is 1. The number of unbranched alkanes of at least 4 members (excludes halogenated alkanes) is 12. The average molecular weight is 904 g/mol. The van der Waals surface area contributed by atoms with Gasteiger partial charge in [0, 0.05) is 0 Å². The number of hydrogen-bond acceptors (Lipinski definition) is 7. The second-order valence-corrected chi connectivity index (χ2v) is 18.9. The van der Waals surface area contributed by atoms with E-state index in [1.54, 1.807) is 0 Å². The molecule has 1 saturated heterocycles. The maximum atomic E-state index is 13.3. The fraction of sp³-hybridized carbons (Fsp3) is 0.534. The number of rotatable bonds is 31. The molecule has 0 unspecified atom stereocenters. The van der Waals surface area contributed by atoms with E-state index < -0.39 is 42.2 Å². The summed E-state index contributed by atoms with van der Waals surface area (Å²) in [6, 6.07) is 40.5. The molecule has 1 heterocycles. The fourth-order valence-electron chi connectivity index (χ4n) is 8.50. The Kier molecular flexibility index (Phi) is 24.6. The van der Waals surface area contributed by atoms with E-state index in [1.165, 1.54) is 70.6 Å². The predicted molar refractivity (Wildman–Crippen MR) is 267 cm³/mol. The van der Waals surface area contributed by atoms with Gasteiger partial charge in [-0.15, -0.1) is 0 Å². The minimum Gasteiger partial charge on any atom is -0.444 e. The van der Waals surface area contributed by atoms with Crippen LogP contribution < -0.4 is 5.32 Å². The third-order valence-electron chi connectivity index (χ3n) is 12.0. The molecular weight excluding hydrogens is 823 g/mol. The van der Waals surface area contributed by atoms with E-state index in [9.17, 15) is 4.79 Å². The summed E-state index contributed by atoms with van der Waals surface area (Å²) in [7, 11) is 0. The third-order valence-corrected chi connectivity index (χ3v) is 12.0. The Morgan fingerprint density at radius 1 is 0.576 bits per heavy atom. The van der Waals surface area contributed by atoms with Crippen LogP contribution in [-0.4, -0.2) is 54.9 Å². The summed E-state index contributed by atoms with van der Waals surface area (Å²) in [4.78, 5) is 13.3. The van der Waals surface area contributed by atoms with Crippen molar-refractivity contribution in [2.45, 2.75) is 193 Å². The van der Waals surface area contributed by atoms with Crippen LogP contribution in [0.1, 0.15) is 146 Å². The summed E-state index contributed by atoms with van der Waals surface area (Å²) >= 11 is 0. The van der Waals surface area contributed by atoms with Crippen molar-refractivity contribution in [2.24, 2.45) is 0 Å². The van der Waals surface area contributed by atoms with Gasteiger partial charge < -0.3 is 33.7 Å². The van der Waals surface area contributed by atoms with E-state index in [4.69, 9.17) is 28.4 Å². The van der Waals surface area contributed by atoms with E-state index >= 15 is 0 Å². The van der Waals surface area contributed by atoms with Crippen molar-refractivity contribution in [1.29, 1.82) is 0 Å². The zero-order valence-corrected chi connectivity index (χ0v) is 40.7. The summed E-state index contributed by atoms with van der Waals surface area (Å²) in [6.07, 6.45) is 19.5. The third kappa shape index (κ3) is 21.1. The Balaban J connectivity index is 1.33. The van der Waals surface area contributed by atoms with Crippen LogP contribution in [0.2, 0.25) is 0 Å². The maximum absolute atomic E-state index is 13.3. The Morgan fingerprint density at radius 3 is 1.47 bits per heavy atom. The highest BCUT2D eigenvalue weighted by atomic mass is 16.6. The lowest BCUT2D eigenvalue weighted by molar-refractivity contribution is -0.273. The number of benzene rings is 4. The van der Waals surface area contributed by atoms with E-state index in [1.807, 2.05) is 93.6 Å². The highest BCUT2D eigenvalue weighted by Gasteiger charge is 2.48. The number of hydrogen-bond donors (Lipinski definition) is 1. The molecule has 360 valence electrons. The van der Waals surface area contributed by atoms with Gasteiger partial charge in [-0.25, -0.2) is 4.79 Å². The van der Waals surface area contributed by atoms with E-state index in [2.05, 4.69) is 72.9 Å². The van der Waals surface area contributed by atoms with E-state index in [0.717, 1.165) is 35.1 Å². The van der Waals surface area contributed by atoms with Crippen LogP contribution in [0.5, 0.6) is 0 Å². The van der Waals surface area contributed by atoms with Gasteiger partial charge in [0.1, 0.15) is 30.0 Å². The first-order chi connectivity index (χ1) is 32.3. The molecule has 8 nitrogen and oxygen atoms in total. The Hall–Kier alpha value is -4.31. The van der Waals surface area contributed by atoms with E-state index in [0.29, 0.717) is 45.9 Å². The highest BCUT2D eigenvalue weighted by molar-refractivity contribution is 5.68. The molecule has 5 rings (SSSR count). The maximum Gasteiger partial charge on any atom is 0.408 e. The highest BCUT2D eigenvalue weighted by Crippen LogP contribution is 2.33. The molecule has 0 bridgehead atoms. The van der Waals surface area contributed by atoms with Gasteiger partial charge in [-0.2, -0.15) is 0 Å². The lowest BCUT2D eigenvalue weighted by atomic mass is 9.90. The van der Waals surface area contributed by atoms with Crippen LogP contribution in [0.3, 0.4) is 0 Å². The Bertz CT molecular complexity index is 1850. The summed E-state index contributed by atoms with van der Waals surface area (Å²) in [5.74, 6) is 0. The summed E-state index contributed by atoms with van der Waals surface area (Å²) in [5.41, 5.74) is 3.62. The van der Waals surface area contributed by atoms with Crippen LogP contribution in [0.25, 0.3) is 0 Å². The smallest absolute Gasteiger partial charge is 0.408 e. The molecule has 0 radical (unpaired) electrons. The second-order valence-electron chi connectivity index (χ2n) is 18.9. The molecule has 1 N–H and O–H groups in total. The normalized spacial score (nSPS) is 19.2. The van der Waals surface area contributed by atoms with Crippen molar-refractivity contribution in [2.75, 3.05) is 6.61 Å². The minimum absolute atomic E-state index is 0.279. The molecule has 0 saturated carbocycles. The molecule has 8 heteroatoms. The van der Waals surface area contributed by atoms with Crippen molar-refractivity contribution >= 4 is 6.09 Å². The Labute approximate surface area is 398 Å². The van der Waals surface area contributed by atoms with Gasteiger partial charge in [0.25, 0.3) is 0 Å². The first kappa shape index (κ1) is 52.7. The molecule has 0 spiro atoms. The van der Waals surface area contributed by atoms with Crippen LogP contribution in [0.4, 0.5) is 4.79 Å². The minimum atomic E-state index is -0.624. The van der Waals surface area contributed by atoms with Gasteiger partial charge in [0.15, 0.2) is 0 Å². The van der Waals surface area contributed by atoms with Crippen LogP contribution in [0, 0.1) is 0 Å². The largest absolute Gasteiger partial charge is 0.444 e. The molecule has 0 aromatic heterocycles. The zero-order valence-electron chi connectivity index (χ0n) is 40.7. The SMILES string of the molecule is CCCCCCCCCCCCCC/C=C/[C@H](CC[C@H]1O[C@H](COCc2ccccc2)[C@H](OCc2ccccc2)[C@H](OCc2ccccc2)[C@H]1OCc1ccccc1)NC(=O)OC(C)(C)C. The predicted octanol–water partition coefficient (Wildman–Crippen LogP) is 14.0. The van der Waals surface area contributed by atoms with Crippen molar-refractivity contribution in [3.63, 3.8) is 0 Å². The monoisotopic (exact) mass is 904 g/mol. The van der Waals surface area contributed by atoms with Gasteiger partial charge in [-0.05, 0) is 68.7 Å². The molecule has 4 aromatic rings. The standard InChI is InChI=1S/C58H81NO7/c1-5-6-7-8-9-10-11-12-13-14-15-16-17-30-39-51(59-57(60)66-58(2,3)4)40-41-52-54(62-43-48-33-24-19-25-34-48)56(64-45-50-37-28-21-29-38-50)55(63-44-49-35-26-20-27-36-49)53(65-52)46-61-42-47-31-22-18-23-32-47/h18-39,51-56H,5-17,40-46H2,1-4H3,(H,59,60)/b39-30+/t51-,52-,53-,54+,55+,56-/m1/s1. The van der Waals surface area contributed by atoms with Crippen LogP contribution in [-0.2, 0) is 54.8 Å². The first-order valence-electron chi connectivity index (χ1n) is 25.2. The van der Waals surface area contributed by atoms with Gasteiger partial charge in [-0.3, -0.25) is 0 Å². The first-order valence-corrected chi connectivity index (χ1v) is 25.2. The molecule has 66 heavy (non-hydrogen) atoms. The van der Waals surface area contributed by atoms with E-state index in [-0.39, 0.29) is 6.04 Å². The molecule has 1 fully saturated rings. The molecule has 6 atom stereocenters. The van der Waals surface area contributed by atoms with Crippen LogP contribution >= 0.6 is 0 Å². The molecule has 4 aromatic carbocycles. The van der Waals surface area contributed by atoms with Gasteiger partial charge in [-0.1, -0.05) is 211 Å². The van der Waals surface area contributed by atoms with Gasteiger partial charge in [0.05, 0.1) is 45.2 Å².